The molecule has 2 N–H and O–H groups in total. The van der Waals surface area contributed by atoms with Gasteiger partial charge in [0.15, 0.2) is 0 Å². The summed E-state index contributed by atoms with van der Waals surface area (Å²) in [4.78, 5) is 28.1. The van der Waals surface area contributed by atoms with E-state index in [0.29, 0.717) is 0 Å². The van der Waals surface area contributed by atoms with Crippen LogP contribution in [-0.4, -0.2) is 41.9 Å². The summed E-state index contributed by atoms with van der Waals surface area (Å²) in [5.41, 5.74) is 2.01. The summed E-state index contributed by atoms with van der Waals surface area (Å²) in [5, 5.41) is 8.35. The van der Waals surface area contributed by atoms with Crippen LogP contribution in [0.1, 0.15) is 37.8 Å². The predicted octanol–water partition coefficient (Wildman–Crippen LogP) is 4.44. The van der Waals surface area contributed by atoms with Crippen LogP contribution in [0, 0.1) is 11.7 Å². The van der Waals surface area contributed by atoms with Crippen LogP contribution in [0.5, 0.6) is 0 Å². The number of hydrogen-bond acceptors (Lipinski definition) is 3. The molecule has 4 rings (SSSR count). The second kappa shape index (κ2) is 11.5. The molecule has 1 aliphatic rings. The minimum Gasteiger partial charge on any atom is -0.351 e. The Labute approximate surface area is 206 Å². The third-order valence-electron chi connectivity index (χ3n) is 6.70. The van der Waals surface area contributed by atoms with E-state index in [9.17, 15) is 14.0 Å². The van der Waals surface area contributed by atoms with Gasteiger partial charge in [0.25, 0.3) is 0 Å². The maximum Gasteiger partial charge on any atom is 0.243 e. The molecule has 3 aromatic rings. The van der Waals surface area contributed by atoms with Crippen molar-refractivity contribution in [3.63, 3.8) is 0 Å². The quantitative estimate of drug-likeness (QED) is 0.506. The van der Waals surface area contributed by atoms with Crippen LogP contribution in [0.4, 0.5) is 4.39 Å². The molecule has 35 heavy (non-hydrogen) atoms. The number of amides is 2. The van der Waals surface area contributed by atoms with Crippen LogP contribution in [0.2, 0.25) is 0 Å². The smallest absolute Gasteiger partial charge is 0.243 e. The van der Waals surface area contributed by atoms with E-state index >= 15 is 0 Å². The zero-order chi connectivity index (χ0) is 24.8. The van der Waals surface area contributed by atoms with Gasteiger partial charge in [-0.05, 0) is 52.8 Å². The highest BCUT2D eigenvalue weighted by molar-refractivity contribution is 5.89. The highest BCUT2D eigenvalue weighted by Crippen LogP contribution is 2.17. The summed E-state index contributed by atoms with van der Waals surface area (Å²) >= 11 is 0. The second-order valence-electron chi connectivity index (χ2n) is 9.83. The number of rotatable bonds is 8. The summed E-state index contributed by atoms with van der Waals surface area (Å²) in [6.45, 7) is 6.41. The van der Waals surface area contributed by atoms with Crippen molar-refractivity contribution in [2.45, 2.75) is 51.7 Å². The van der Waals surface area contributed by atoms with Crippen molar-refractivity contribution in [1.29, 1.82) is 0 Å². The van der Waals surface area contributed by atoms with Crippen LogP contribution in [0.15, 0.2) is 66.7 Å². The Hall–Kier alpha value is -3.25. The molecule has 0 saturated carbocycles. The number of hydrogen-bond donors (Lipinski definition) is 2. The highest BCUT2D eigenvalue weighted by atomic mass is 19.1. The number of nitrogens with zero attached hydrogens (tertiary/aromatic N) is 1. The molecular weight excluding hydrogens is 441 g/mol. The summed E-state index contributed by atoms with van der Waals surface area (Å²) in [7, 11) is 0. The molecule has 0 spiro atoms. The van der Waals surface area contributed by atoms with Gasteiger partial charge < -0.3 is 10.6 Å². The third-order valence-corrected chi connectivity index (χ3v) is 6.70. The Balaban J connectivity index is 1.27. The van der Waals surface area contributed by atoms with Crippen LogP contribution in [0.25, 0.3) is 10.8 Å². The summed E-state index contributed by atoms with van der Waals surface area (Å²) in [6, 6.07) is 20.2. The van der Waals surface area contributed by atoms with Gasteiger partial charge in [0.1, 0.15) is 11.9 Å². The number of piperidine rings is 1. The molecule has 1 unspecified atom stereocenters. The van der Waals surface area contributed by atoms with Crippen molar-refractivity contribution in [2.24, 2.45) is 5.92 Å². The van der Waals surface area contributed by atoms with E-state index in [-0.39, 0.29) is 36.0 Å². The van der Waals surface area contributed by atoms with E-state index in [1.54, 1.807) is 0 Å². The lowest BCUT2D eigenvalue weighted by molar-refractivity contribution is -0.130. The van der Waals surface area contributed by atoms with Crippen molar-refractivity contribution < 1.29 is 14.0 Å². The van der Waals surface area contributed by atoms with Gasteiger partial charge in [-0.3, -0.25) is 14.5 Å². The van der Waals surface area contributed by atoms with Crippen LogP contribution in [-0.2, 0) is 22.6 Å². The Morgan fingerprint density at radius 1 is 0.943 bits per heavy atom. The Kier molecular flexibility index (Phi) is 8.13. The normalized spacial score (nSPS) is 15.8. The van der Waals surface area contributed by atoms with Crippen molar-refractivity contribution >= 4 is 22.6 Å². The van der Waals surface area contributed by atoms with Gasteiger partial charge in [-0.1, -0.05) is 68.4 Å². The van der Waals surface area contributed by atoms with Gasteiger partial charge in [0.2, 0.25) is 11.8 Å². The number of fused-ring (bicyclic) bond motifs is 1. The van der Waals surface area contributed by atoms with Crippen molar-refractivity contribution in [2.75, 3.05) is 13.1 Å². The molecule has 5 nitrogen and oxygen atoms in total. The lowest BCUT2D eigenvalue weighted by atomic mass is 9.99. The van der Waals surface area contributed by atoms with Gasteiger partial charge in [0, 0.05) is 25.7 Å². The first kappa shape index (κ1) is 24.9. The zero-order valence-corrected chi connectivity index (χ0v) is 20.5. The van der Waals surface area contributed by atoms with E-state index < -0.39 is 6.04 Å². The topological polar surface area (TPSA) is 61.4 Å². The predicted molar refractivity (Wildman–Crippen MR) is 137 cm³/mol. The van der Waals surface area contributed by atoms with Crippen molar-refractivity contribution in [3.8, 4) is 0 Å². The molecular formula is C29H34FN3O2. The van der Waals surface area contributed by atoms with Gasteiger partial charge in [-0.2, -0.15) is 0 Å². The first-order chi connectivity index (χ1) is 16.9. The van der Waals surface area contributed by atoms with Crippen molar-refractivity contribution in [3.05, 3.63) is 83.7 Å². The summed E-state index contributed by atoms with van der Waals surface area (Å²) in [6.07, 6.45) is 1.94. The fourth-order valence-corrected chi connectivity index (χ4v) is 4.67. The molecule has 0 bridgehead atoms. The molecule has 184 valence electrons. The number of carbonyl (C=O) groups is 2. The number of carbonyl (C=O) groups excluding carboxylic acids is 2. The standard InChI is InChI=1S/C29H34FN3O2/c1-20(2)28(32-27(34)18-22-7-10-23-5-3-4-6-24(23)17-22)29(35)31-26-13-15-33(16-14-26)19-21-8-11-25(30)12-9-21/h3-12,17,20,26,28H,13-16,18-19H2,1-2H3,(H,31,35)(H,32,34). The maximum absolute atomic E-state index is 13.1. The Bertz CT molecular complexity index is 1150. The highest BCUT2D eigenvalue weighted by Gasteiger charge is 2.28. The number of nitrogens with one attached hydrogen (secondary N) is 2. The fourth-order valence-electron chi connectivity index (χ4n) is 4.67. The van der Waals surface area contributed by atoms with Crippen LogP contribution < -0.4 is 10.6 Å². The van der Waals surface area contributed by atoms with Gasteiger partial charge >= 0.3 is 0 Å². The average molecular weight is 476 g/mol. The van der Waals surface area contributed by atoms with E-state index in [0.717, 1.165) is 54.4 Å². The molecule has 1 saturated heterocycles. The minimum absolute atomic E-state index is 0.0193. The molecule has 0 radical (unpaired) electrons. The van der Waals surface area contributed by atoms with Crippen LogP contribution in [0.3, 0.4) is 0 Å². The summed E-state index contributed by atoms with van der Waals surface area (Å²) in [5.74, 6) is -0.513. The summed E-state index contributed by atoms with van der Waals surface area (Å²) < 4.78 is 13.1. The molecule has 1 aliphatic heterocycles. The molecule has 6 heteroatoms. The molecule has 2 amide bonds. The number of halogens is 1. The molecule has 1 atom stereocenters. The molecule has 1 fully saturated rings. The van der Waals surface area contributed by atoms with E-state index in [4.69, 9.17) is 0 Å². The van der Waals surface area contributed by atoms with Gasteiger partial charge in [-0.25, -0.2) is 4.39 Å². The number of likely N-dealkylation sites (tertiary alicyclic amines) is 1. The molecule has 1 heterocycles. The Morgan fingerprint density at radius 2 is 1.60 bits per heavy atom. The number of benzene rings is 3. The first-order valence-electron chi connectivity index (χ1n) is 12.4. The second-order valence-corrected chi connectivity index (χ2v) is 9.83. The SMILES string of the molecule is CC(C)C(NC(=O)Cc1ccc2ccccc2c1)C(=O)NC1CCN(Cc2ccc(F)cc2)CC1. The zero-order valence-electron chi connectivity index (χ0n) is 20.5. The Morgan fingerprint density at radius 3 is 2.29 bits per heavy atom. The lowest BCUT2D eigenvalue weighted by Gasteiger charge is -2.33. The fraction of sp³-hybridized carbons (Fsp3) is 0.379. The minimum atomic E-state index is -0.569. The lowest BCUT2D eigenvalue weighted by Crippen LogP contribution is -2.54. The maximum atomic E-state index is 13.1. The molecule has 3 aromatic carbocycles. The third kappa shape index (κ3) is 6.89. The molecule has 0 aliphatic carbocycles. The average Bonchev–Trinajstić information content (AvgIpc) is 2.85. The largest absolute Gasteiger partial charge is 0.351 e. The van der Waals surface area contributed by atoms with Crippen molar-refractivity contribution in [1.82, 2.24) is 15.5 Å². The van der Waals surface area contributed by atoms with E-state index in [1.165, 1.54) is 12.1 Å². The van der Waals surface area contributed by atoms with Gasteiger partial charge in [-0.15, -0.1) is 0 Å². The van der Waals surface area contributed by atoms with Gasteiger partial charge in [0.05, 0.1) is 6.42 Å². The van der Waals surface area contributed by atoms with Crippen LogP contribution >= 0.6 is 0 Å². The monoisotopic (exact) mass is 475 g/mol. The van der Waals surface area contributed by atoms with E-state index in [2.05, 4.69) is 15.5 Å². The van der Waals surface area contributed by atoms with E-state index in [1.807, 2.05) is 68.4 Å². The molecule has 0 aromatic heterocycles. The first-order valence-corrected chi connectivity index (χ1v) is 12.4.